The van der Waals surface area contributed by atoms with Crippen molar-refractivity contribution in [2.24, 2.45) is 4.99 Å². The Morgan fingerprint density at radius 3 is 2.70 bits per heavy atom. The van der Waals surface area contributed by atoms with Crippen molar-refractivity contribution in [3.63, 3.8) is 0 Å². The van der Waals surface area contributed by atoms with E-state index in [0.717, 1.165) is 42.5 Å². The third-order valence-electron chi connectivity index (χ3n) is 5.64. The van der Waals surface area contributed by atoms with Crippen molar-refractivity contribution >= 4 is 17.7 Å². The van der Waals surface area contributed by atoms with Gasteiger partial charge in [0.2, 0.25) is 0 Å². The van der Waals surface area contributed by atoms with Crippen molar-refractivity contribution < 1.29 is 5.11 Å². The van der Waals surface area contributed by atoms with Crippen LogP contribution in [0.1, 0.15) is 45.4 Å². The summed E-state index contributed by atoms with van der Waals surface area (Å²) in [6.07, 6.45) is 7.31. The summed E-state index contributed by atoms with van der Waals surface area (Å²) < 4.78 is 0. The fourth-order valence-corrected chi connectivity index (χ4v) is 5.48. The van der Waals surface area contributed by atoms with Crippen LogP contribution in [0.15, 0.2) is 4.99 Å². The van der Waals surface area contributed by atoms with Gasteiger partial charge in [-0.15, -0.1) is 0 Å². The maximum Gasteiger partial charge on any atom is 0.191 e. The van der Waals surface area contributed by atoms with E-state index in [-0.39, 0.29) is 0 Å². The number of rotatable bonds is 4. The minimum Gasteiger partial charge on any atom is -0.387 e. The number of nitrogens with one attached hydrogen (secondary N) is 2. The van der Waals surface area contributed by atoms with E-state index in [1.54, 1.807) is 0 Å². The largest absolute Gasteiger partial charge is 0.387 e. The maximum atomic E-state index is 10.5. The molecule has 6 heteroatoms. The second-order valence-corrected chi connectivity index (χ2v) is 8.54. The van der Waals surface area contributed by atoms with Crippen LogP contribution in [0.2, 0.25) is 0 Å². The molecule has 0 radical (unpaired) electrons. The molecule has 3 aliphatic heterocycles. The van der Waals surface area contributed by atoms with Crippen molar-refractivity contribution in [1.82, 2.24) is 15.5 Å². The molecule has 3 fully saturated rings. The fourth-order valence-electron chi connectivity index (χ4n) is 4.19. The first-order chi connectivity index (χ1) is 11.1. The van der Waals surface area contributed by atoms with Gasteiger partial charge < -0.3 is 20.6 Å². The summed E-state index contributed by atoms with van der Waals surface area (Å²) >= 11 is 1.83. The number of guanidine groups is 1. The molecular weight excluding hydrogens is 308 g/mol. The van der Waals surface area contributed by atoms with Crippen molar-refractivity contribution in [1.29, 1.82) is 0 Å². The Bertz CT molecular complexity index is 411. The number of thioether (sulfide) groups is 1. The quantitative estimate of drug-likeness (QED) is 0.534. The van der Waals surface area contributed by atoms with Gasteiger partial charge in [-0.05, 0) is 51.8 Å². The molecule has 0 aromatic carbocycles. The van der Waals surface area contributed by atoms with Crippen LogP contribution >= 0.6 is 11.8 Å². The molecule has 3 N–H and O–H groups in total. The summed E-state index contributed by atoms with van der Waals surface area (Å²) in [5, 5.41) is 17.5. The summed E-state index contributed by atoms with van der Waals surface area (Å²) in [5.74, 6) is 2.74. The monoisotopic (exact) mass is 340 g/mol. The van der Waals surface area contributed by atoms with Gasteiger partial charge in [-0.3, -0.25) is 4.99 Å². The Balaban J connectivity index is 1.58. The second kappa shape index (κ2) is 7.62. The third kappa shape index (κ3) is 4.34. The molecule has 3 saturated heterocycles. The normalized spacial score (nSPS) is 38.6. The SMILES string of the molecule is CCNC(=NCC1(O)CCSC1)NC1CC2CCCC(C1)N2C. The summed E-state index contributed by atoms with van der Waals surface area (Å²) in [4.78, 5) is 7.28. The van der Waals surface area contributed by atoms with Crippen molar-refractivity contribution in [3.05, 3.63) is 0 Å². The molecule has 3 rings (SSSR count). The number of fused-ring (bicyclic) bond motifs is 2. The van der Waals surface area contributed by atoms with E-state index >= 15 is 0 Å². The van der Waals surface area contributed by atoms with Gasteiger partial charge in [-0.1, -0.05) is 6.42 Å². The molecule has 0 amide bonds. The number of hydrogen-bond acceptors (Lipinski definition) is 4. The molecule has 132 valence electrons. The molecule has 0 spiro atoms. The van der Waals surface area contributed by atoms with E-state index in [0.29, 0.717) is 12.6 Å². The van der Waals surface area contributed by atoms with Gasteiger partial charge in [-0.25, -0.2) is 0 Å². The van der Waals surface area contributed by atoms with Crippen LogP contribution in [-0.2, 0) is 0 Å². The highest BCUT2D eigenvalue weighted by atomic mass is 32.2. The zero-order valence-corrected chi connectivity index (χ0v) is 15.4. The van der Waals surface area contributed by atoms with Crippen LogP contribution < -0.4 is 10.6 Å². The minimum absolute atomic E-state index is 0.506. The van der Waals surface area contributed by atoms with Crippen LogP contribution in [-0.4, -0.2) is 71.3 Å². The lowest BCUT2D eigenvalue weighted by Crippen LogP contribution is -2.56. The smallest absolute Gasteiger partial charge is 0.191 e. The number of piperidine rings is 2. The number of nitrogens with zero attached hydrogens (tertiary/aromatic N) is 2. The molecule has 23 heavy (non-hydrogen) atoms. The second-order valence-electron chi connectivity index (χ2n) is 7.44. The zero-order valence-electron chi connectivity index (χ0n) is 14.6. The van der Waals surface area contributed by atoms with Crippen LogP contribution in [0.3, 0.4) is 0 Å². The Kier molecular flexibility index (Phi) is 5.75. The molecule has 0 saturated carbocycles. The molecule has 0 aromatic rings. The van der Waals surface area contributed by atoms with E-state index in [2.05, 4.69) is 29.5 Å². The highest BCUT2D eigenvalue weighted by Crippen LogP contribution is 2.32. The molecule has 3 aliphatic rings. The highest BCUT2D eigenvalue weighted by molar-refractivity contribution is 7.99. The summed E-state index contributed by atoms with van der Waals surface area (Å²) in [6.45, 7) is 3.47. The Hall–Kier alpha value is -0.460. The van der Waals surface area contributed by atoms with Crippen LogP contribution in [0.5, 0.6) is 0 Å². The van der Waals surface area contributed by atoms with E-state index in [1.165, 1.54) is 32.1 Å². The molecule has 2 bridgehead atoms. The van der Waals surface area contributed by atoms with Crippen LogP contribution in [0.25, 0.3) is 0 Å². The number of hydrogen-bond donors (Lipinski definition) is 3. The Labute approximate surface area is 144 Å². The van der Waals surface area contributed by atoms with Gasteiger partial charge in [0, 0.05) is 30.4 Å². The Morgan fingerprint density at radius 1 is 1.35 bits per heavy atom. The van der Waals surface area contributed by atoms with Gasteiger partial charge >= 0.3 is 0 Å². The standard InChI is InChI=1S/C17H32N4OS/c1-3-18-16(19-11-17(22)7-8-23-12-17)20-13-9-14-5-4-6-15(10-13)21(14)2/h13-15,22H,3-12H2,1-2H3,(H2,18,19,20). The summed E-state index contributed by atoms with van der Waals surface area (Å²) in [7, 11) is 2.29. The van der Waals surface area contributed by atoms with Crippen molar-refractivity contribution in [3.8, 4) is 0 Å². The summed E-state index contributed by atoms with van der Waals surface area (Å²) in [6, 6.07) is 1.95. The van der Waals surface area contributed by atoms with Crippen molar-refractivity contribution in [2.45, 2.75) is 69.2 Å². The molecule has 5 nitrogen and oxygen atoms in total. The molecule has 3 heterocycles. The summed E-state index contributed by atoms with van der Waals surface area (Å²) in [5.41, 5.74) is -0.601. The molecular formula is C17H32N4OS. The lowest BCUT2D eigenvalue weighted by Gasteiger charge is -2.47. The van der Waals surface area contributed by atoms with Crippen LogP contribution in [0.4, 0.5) is 0 Å². The first-order valence-corrected chi connectivity index (χ1v) is 10.3. The van der Waals surface area contributed by atoms with Gasteiger partial charge in [0.15, 0.2) is 5.96 Å². The van der Waals surface area contributed by atoms with E-state index in [9.17, 15) is 5.11 Å². The molecule has 0 aliphatic carbocycles. The lowest BCUT2D eigenvalue weighted by atomic mass is 9.82. The average molecular weight is 341 g/mol. The molecule has 3 atom stereocenters. The number of aliphatic imine (C=N–C) groups is 1. The maximum absolute atomic E-state index is 10.5. The highest BCUT2D eigenvalue weighted by Gasteiger charge is 2.36. The van der Waals surface area contributed by atoms with Crippen molar-refractivity contribution in [2.75, 3.05) is 31.6 Å². The average Bonchev–Trinajstić information content (AvgIpc) is 2.93. The zero-order chi connectivity index (χ0) is 16.3. The Morgan fingerprint density at radius 2 is 2.09 bits per heavy atom. The van der Waals surface area contributed by atoms with Gasteiger partial charge in [0.1, 0.15) is 0 Å². The lowest BCUT2D eigenvalue weighted by molar-refractivity contribution is 0.0524. The van der Waals surface area contributed by atoms with Gasteiger partial charge in [0.05, 0.1) is 12.1 Å². The van der Waals surface area contributed by atoms with Crippen LogP contribution in [0, 0.1) is 0 Å². The fraction of sp³-hybridized carbons (Fsp3) is 0.941. The first kappa shape index (κ1) is 17.4. The first-order valence-electron chi connectivity index (χ1n) is 9.16. The van der Waals surface area contributed by atoms with E-state index in [1.807, 2.05) is 11.8 Å². The predicted molar refractivity (Wildman–Crippen MR) is 98.2 cm³/mol. The van der Waals surface area contributed by atoms with Gasteiger partial charge in [0.25, 0.3) is 0 Å². The number of aliphatic hydroxyl groups is 1. The predicted octanol–water partition coefficient (Wildman–Crippen LogP) is 1.42. The van der Waals surface area contributed by atoms with E-state index < -0.39 is 5.60 Å². The third-order valence-corrected chi connectivity index (χ3v) is 6.87. The van der Waals surface area contributed by atoms with E-state index in [4.69, 9.17) is 4.99 Å². The molecule has 3 unspecified atom stereocenters. The molecule has 0 aromatic heterocycles. The minimum atomic E-state index is -0.601. The topological polar surface area (TPSA) is 59.9 Å². The van der Waals surface area contributed by atoms with Gasteiger partial charge in [-0.2, -0.15) is 11.8 Å².